The number of benzene rings is 2. The highest BCUT2D eigenvalue weighted by atomic mass is 35.5. The van der Waals surface area contributed by atoms with E-state index in [1.165, 1.54) is 0 Å². The fourth-order valence-corrected chi connectivity index (χ4v) is 4.60. The summed E-state index contributed by atoms with van der Waals surface area (Å²) in [5.41, 5.74) is 1.08. The van der Waals surface area contributed by atoms with Gasteiger partial charge >= 0.3 is 6.09 Å². The highest BCUT2D eigenvalue weighted by Crippen LogP contribution is 2.41. The molecule has 1 fully saturated rings. The summed E-state index contributed by atoms with van der Waals surface area (Å²) >= 11 is 7.62. The van der Waals surface area contributed by atoms with Gasteiger partial charge < -0.3 is 14.7 Å². The molecule has 0 aliphatic carbocycles. The molecule has 29 heavy (non-hydrogen) atoms. The average Bonchev–Trinajstić information content (AvgIpc) is 2.71. The molecule has 0 radical (unpaired) electrons. The van der Waals surface area contributed by atoms with Crippen LogP contribution >= 0.6 is 23.4 Å². The summed E-state index contributed by atoms with van der Waals surface area (Å²) in [4.78, 5) is 16.0. The Labute approximate surface area is 182 Å². The number of ether oxygens (including phenoxy) is 1. The summed E-state index contributed by atoms with van der Waals surface area (Å²) in [7, 11) is 0. The first-order chi connectivity index (χ1) is 13.9. The molecule has 1 aliphatic heterocycles. The van der Waals surface area contributed by atoms with E-state index in [-0.39, 0.29) is 6.09 Å². The van der Waals surface area contributed by atoms with Crippen LogP contribution in [-0.2, 0) is 10.3 Å². The third kappa shape index (κ3) is 5.68. The third-order valence-corrected chi connectivity index (χ3v) is 6.59. The van der Waals surface area contributed by atoms with E-state index >= 15 is 0 Å². The van der Waals surface area contributed by atoms with Gasteiger partial charge in [-0.3, -0.25) is 0 Å². The van der Waals surface area contributed by atoms with Crippen LogP contribution in [0.5, 0.6) is 0 Å². The highest BCUT2D eigenvalue weighted by Gasteiger charge is 2.37. The van der Waals surface area contributed by atoms with Crippen molar-refractivity contribution in [2.45, 2.75) is 54.9 Å². The zero-order valence-corrected chi connectivity index (χ0v) is 18.6. The van der Waals surface area contributed by atoms with Crippen molar-refractivity contribution >= 4 is 29.5 Å². The number of likely N-dealkylation sites (tertiary alicyclic amines) is 1. The highest BCUT2D eigenvalue weighted by molar-refractivity contribution is 7.99. The predicted molar refractivity (Wildman–Crippen MR) is 118 cm³/mol. The Kier molecular flexibility index (Phi) is 7.49. The molecule has 2 aromatic carbocycles. The molecule has 0 aromatic heterocycles. The van der Waals surface area contributed by atoms with Crippen molar-refractivity contribution in [2.75, 3.05) is 19.7 Å². The number of aryl methyl sites for hydroxylation is 1. The van der Waals surface area contributed by atoms with Crippen LogP contribution in [0.2, 0.25) is 5.02 Å². The standard InChI is InChI=1S/C23H28ClNO3S/c1-3-4-15-28-22(26)25-13-11-23(27,12-14-25)20-16-17(2)5-10-21(20)29-19-8-6-18(24)7-9-19/h5-10,16,27H,3-4,11-15H2,1-2H3. The van der Waals surface area contributed by atoms with Crippen molar-refractivity contribution in [1.29, 1.82) is 0 Å². The van der Waals surface area contributed by atoms with Crippen LogP contribution in [0.15, 0.2) is 52.3 Å². The fraction of sp³-hybridized carbons (Fsp3) is 0.435. The molecule has 0 unspecified atom stereocenters. The zero-order valence-electron chi connectivity index (χ0n) is 17.0. The van der Waals surface area contributed by atoms with Crippen LogP contribution in [0.25, 0.3) is 0 Å². The molecule has 0 spiro atoms. The Morgan fingerprint density at radius 2 is 1.90 bits per heavy atom. The van der Waals surface area contributed by atoms with Gasteiger partial charge in [0.2, 0.25) is 0 Å². The molecule has 0 atom stereocenters. The maximum Gasteiger partial charge on any atom is 0.409 e. The molecule has 2 aromatic rings. The second-order valence-corrected chi connectivity index (χ2v) is 9.09. The lowest BCUT2D eigenvalue weighted by atomic mass is 9.84. The van der Waals surface area contributed by atoms with Gasteiger partial charge in [-0.1, -0.05) is 54.4 Å². The number of carbonyl (C=O) groups is 1. The summed E-state index contributed by atoms with van der Waals surface area (Å²) in [6.45, 7) is 5.52. The monoisotopic (exact) mass is 433 g/mol. The van der Waals surface area contributed by atoms with E-state index in [1.807, 2.05) is 31.2 Å². The Morgan fingerprint density at radius 1 is 1.21 bits per heavy atom. The SMILES string of the molecule is CCCCOC(=O)N1CCC(O)(c2cc(C)ccc2Sc2ccc(Cl)cc2)CC1. The second-order valence-electron chi connectivity index (χ2n) is 7.54. The molecule has 156 valence electrons. The largest absolute Gasteiger partial charge is 0.449 e. The third-order valence-electron chi connectivity index (χ3n) is 5.25. The van der Waals surface area contributed by atoms with E-state index in [0.717, 1.165) is 33.8 Å². The van der Waals surface area contributed by atoms with Gasteiger partial charge in [-0.2, -0.15) is 0 Å². The van der Waals surface area contributed by atoms with E-state index in [0.29, 0.717) is 37.6 Å². The van der Waals surface area contributed by atoms with Crippen molar-refractivity contribution in [2.24, 2.45) is 0 Å². The van der Waals surface area contributed by atoms with Crippen LogP contribution in [0, 0.1) is 6.92 Å². The van der Waals surface area contributed by atoms with Gasteiger partial charge in [0.15, 0.2) is 0 Å². The van der Waals surface area contributed by atoms with Gasteiger partial charge in [0.05, 0.1) is 12.2 Å². The first kappa shape index (κ1) is 22.0. The normalized spacial score (nSPS) is 15.9. The molecule has 0 saturated carbocycles. The topological polar surface area (TPSA) is 49.8 Å². The Hall–Kier alpha value is -1.69. The van der Waals surface area contributed by atoms with Crippen molar-refractivity contribution < 1.29 is 14.6 Å². The van der Waals surface area contributed by atoms with Crippen molar-refractivity contribution in [1.82, 2.24) is 4.90 Å². The summed E-state index contributed by atoms with van der Waals surface area (Å²) in [5.74, 6) is 0. The number of rotatable bonds is 6. The van der Waals surface area contributed by atoms with Crippen LogP contribution < -0.4 is 0 Å². The number of unbranched alkanes of at least 4 members (excludes halogenated alkanes) is 1. The molecular formula is C23H28ClNO3S. The molecule has 1 saturated heterocycles. The minimum atomic E-state index is -0.957. The van der Waals surface area contributed by atoms with Crippen LogP contribution in [-0.4, -0.2) is 35.8 Å². The Balaban J connectivity index is 1.73. The van der Waals surface area contributed by atoms with E-state index in [4.69, 9.17) is 16.3 Å². The van der Waals surface area contributed by atoms with Gasteiger partial charge in [0.25, 0.3) is 0 Å². The summed E-state index contributed by atoms with van der Waals surface area (Å²) in [6, 6.07) is 13.9. The maximum atomic E-state index is 12.2. The second kappa shape index (κ2) is 9.88. The van der Waals surface area contributed by atoms with Crippen molar-refractivity contribution in [3.05, 3.63) is 58.6 Å². The predicted octanol–water partition coefficient (Wildman–Crippen LogP) is 6.02. The Morgan fingerprint density at radius 3 is 2.55 bits per heavy atom. The van der Waals surface area contributed by atoms with Crippen molar-refractivity contribution in [3.8, 4) is 0 Å². The number of piperidine rings is 1. The Bertz CT molecular complexity index is 833. The summed E-state index contributed by atoms with van der Waals surface area (Å²) in [5, 5.41) is 12.2. The lowest BCUT2D eigenvalue weighted by molar-refractivity contribution is -0.0268. The van der Waals surface area contributed by atoms with Crippen LogP contribution in [0.3, 0.4) is 0 Å². The van der Waals surface area contributed by atoms with Gasteiger partial charge in [-0.05, 0) is 62.1 Å². The van der Waals surface area contributed by atoms with E-state index in [2.05, 4.69) is 25.1 Å². The van der Waals surface area contributed by atoms with Crippen LogP contribution in [0.1, 0.15) is 43.7 Å². The van der Waals surface area contributed by atoms with Gasteiger partial charge in [-0.15, -0.1) is 0 Å². The zero-order chi connectivity index (χ0) is 20.9. The summed E-state index contributed by atoms with van der Waals surface area (Å²) in [6.07, 6.45) is 2.58. The summed E-state index contributed by atoms with van der Waals surface area (Å²) < 4.78 is 5.32. The molecule has 1 amide bonds. The van der Waals surface area contributed by atoms with Gasteiger partial charge in [-0.25, -0.2) is 4.79 Å². The van der Waals surface area contributed by atoms with Gasteiger partial charge in [0, 0.05) is 27.9 Å². The molecule has 0 bridgehead atoms. The minimum Gasteiger partial charge on any atom is -0.449 e. The minimum absolute atomic E-state index is 0.277. The number of amides is 1. The molecule has 1 heterocycles. The molecule has 4 nitrogen and oxygen atoms in total. The molecule has 1 N–H and O–H groups in total. The average molecular weight is 434 g/mol. The van der Waals surface area contributed by atoms with Gasteiger partial charge in [0.1, 0.15) is 0 Å². The first-order valence-electron chi connectivity index (χ1n) is 10.1. The molecule has 1 aliphatic rings. The number of carbonyl (C=O) groups excluding carboxylic acids is 1. The quantitative estimate of drug-likeness (QED) is 0.566. The number of nitrogens with zero attached hydrogens (tertiary/aromatic N) is 1. The number of halogens is 1. The maximum absolute atomic E-state index is 12.2. The smallest absolute Gasteiger partial charge is 0.409 e. The van der Waals surface area contributed by atoms with E-state index < -0.39 is 5.60 Å². The fourth-order valence-electron chi connectivity index (χ4n) is 3.45. The van der Waals surface area contributed by atoms with Crippen LogP contribution in [0.4, 0.5) is 4.79 Å². The number of hydrogen-bond acceptors (Lipinski definition) is 4. The van der Waals surface area contributed by atoms with Crippen molar-refractivity contribution in [3.63, 3.8) is 0 Å². The van der Waals surface area contributed by atoms with E-state index in [1.54, 1.807) is 16.7 Å². The number of hydrogen-bond donors (Lipinski definition) is 1. The lowest BCUT2D eigenvalue weighted by Crippen LogP contribution is -2.45. The lowest BCUT2D eigenvalue weighted by Gasteiger charge is -2.39. The molecule has 3 rings (SSSR count). The first-order valence-corrected chi connectivity index (χ1v) is 11.3. The molecule has 6 heteroatoms. The number of aliphatic hydroxyl groups is 1. The van der Waals surface area contributed by atoms with E-state index in [9.17, 15) is 9.90 Å². The molecular weight excluding hydrogens is 406 g/mol.